The van der Waals surface area contributed by atoms with Gasteiger partial charge in [-0.25, -0.2) is 4.79 Å². The zero-order valence-corrected chi connectivity index (χ0v) is 20.5. The maximum atomic E-state index is 12.6. The first kappa shape index (κ1) is 26.4. The van der Waals surface area contributed by atoms with E-state index in [-0.39, 0.29) is 0 Å². The fraction of sp³-hybridized carbons (Fsp3) is 0.185. The van der Waals surface area contributed by atoms with Crippen LogP contribution in [0.5, 0.6) is 28.7 Å². The number of pyridine rings is 1. The molecular weight excluding hydrogens is 505 g/mol. The Morgan fingerprint density at radius 2 is 1.61 bits per heavy atom. The molecule has 198 valence electrons. The van der Waals surface area contributed by atoms with Gasteiger partial charge in [0, 0.05) is 23.3 Å². The number of amides is 1. The summed E-state index contributed by atoms with van der Waals surface area (Å²) in [5, 5.41) is 10.6. The number of aromatic nitrogens is 1. The Kier molecular flexibility index (Phi) is 7.47. The summed E-state index contributed by atoms with van der Waals surface area (Å²) in [7, 11) is 3.05. The number of halogens is 3. The van der Waals surface area contributed by atoms with Gasteiger partial charge in [-0.05, 0) is 61.0 Å². The quantitative estimate of drug-likeness (QED) is 0.259. The number of ether oxygens (including phenoxy) is 4. The first-order valence-electron chi connectivity index (χ1n) is 11.3. The molecule has 1 unspecified atom stereocenters. The van der Waals surface area contributed by atoms with Crippen molar-refractivity contribution in [2.75, 3.05) is 19.1 Å². The van der Waals surface area contributed by atoms with E-state index in [2.05, 4.69) is 9.72 Å². The van der Waals surface area contributed by atoms with E-state index in [9.17, 15) is 23.1 Å². The molecule has 11 heteroatoms. The highest BCUT2D eigenvalue weighted by molar-refractivity contribution is 5.89. The molecular formula is C27H23F3N2O6. The second-order valence-electron chi connectivity index (χ2n) is 8.08. The molecule has 0 fully saturated rings. The number of anilines is 1. The molecule has 0 aliphatic rings. The molecule has 0 saturated heterocycles. The van der Waals surface area contributed by atoms with E-state index in [1.165, 1.54) is 26.4 Å². The molecule has 8 nitrogen and oxygen atoms in total. The standard InChI is InChI=1S/C27H23F3N2O6/c1-16(17-5-4-6-20(13-17)38-27(28,29)30)32(26(33)34)18-7-9-19(10-8-18)37-23-11-12-31-22-15-25(36-3)24(35-2)14-21(22)23/h4-16H,1-3H3,(H,33,34). The fourth-order valence-corrected chi connectivity index (χ4v) is 3.96. The van der Waals surface area contributed by atoms with Crippen molar-refractivity contribution in [2.24, 2.45) is 0 Å². The number of hydrogen-bond donors (Lipinski definition) is 1. The SMILES string of the molecule is COc1cc2nccc(Oc3ccc(N(C(=O)O)C(C)c4cccc(OC(F)(F)F)c4)cc3)c2cc1OC. The number of hydrogen-bond acceptors (Lipinski definition) is 6. The van der Waals surface area contributed by atoms with E-state index >= 15 is 0 Å². The summed E-state index contributed by atoms with van der Waals surface area (Å²) in [5.74, 6) is 1.51. The van der Waals surface area contributed by atoms with Crippen molar-refractivity contribution in [3.05, 3.63) is 78.5 Å². The monoisotopic (exact) mass is 528 g/mol. The van der Waals surface area contributed by atoms with Crippen molar-refractivity contribution in [1.82, 2.24) is 4.98 Å². The van der Waals surface area contributed by atoms with Crippen LogP contribution in [0.3, 0.4) is 0 Å². The smallest absolute Gasteiger partial charge is 0.493 e. The largest absolute Gasteiger partial charge is 0.573 e. The average Bonchev–Trinajstić information content (AvgIpc) is 2.88. The zero-order valence-electron chi connectivity index (χ0n) is 20.5. The van der Waals surface area contributed by atoms with Crippen LogP contribution in [-0.4, -0.2) is 36.8 Å². The molecule has 1 atom stereocenters. The second-order valence-corrected chi connectivity index (χ2v) is 8.08. The Morgan fingerprint density at radius 1 is 0.921 bits per heavy atom. The second kappa shape index (κ2) is 10.8. The third-order valence-electron chi connectivity index (χ3n) is 5.72. The average molecular weight is 528 g/mol. The van der Waals surface area contributed by atoms with Gasteiger partial charge in [-0.1, -0.05) is 12.1 Å². The van der Waals surface area contributed by atoms with Gasteiger partial charge >= 0.3 is 12.5 Å². The lowest BCUT2D eigenvalue weighted by Gasteiger charge is -2.27. The van der Waals surface area contributed by atoms with E-state index in [4.69, 9.17) is 14.2 Å². The van der Waals surface area contributed by atoms with Crippen LogP contribution in [0.25, 0.3) is 10.9 Å². The lowest BCUT2D eigenvalue weighted by Crippen LogP contribution is -2.32. The van der Waals surface area contributed by atoms with E-state index in [1.54, 1.807) is 55.6 Å². The number of fused-ring (bicyclic) bond motifs is 1. The van der Waals surface area contributed by atoms with Crippen molar-refractivity contribution < 1.29 is 42.0 Å². The minimum absolute atomic E-state index is 0.297. The Labute approximate surface area is 215 Å². The van der Waals surface area contributed by atoms with Crippen molar-refractivity contribution in [3.8, 4) is 28.7 Å². The summed E-state index contributed by atoms with van der Waals surface area (Å²) in [5.41, 5.74) is 1.24. The van der Waals surface area contributed by atoms with Crippen molar-refractivity contribution in [1.29, 1.82) is 0 Å². The van der Waals surface area contributed by atoms with Crippen LogP contribution in [0.1, 0.15) is 18.5 Å². The van der Waals surface area contributed by atoms with Crippen LogP contribution in [0, 0.1) is 0 Å². The summed E-state index contributed by atoms with van der Waals surface area (Å²) < 4.78 is 58.6. The normalized spacial score (nSPS) is 12.1. The maximum Gasteiger partial charge on any atom is 0.573 e. The Bertz CT molecular complexity index is 1440. The molecule has 0 saturated carbocycles. The van der Waals surface area contributed by atoms with Gasteiger partial charge in [0.1, 0.15) is 17.2 Å². The topological polar surface area (TPSA) is 90.4 Å². The summed E-state index contributed by atoms with van der Waals surface area (Å²) in [4.78, 5) is 17.5. The molecule has 1 heterocycles. The van der Waals surface area contributed by atoms with Crippen LogP contribution >= 0.6 is 0 Å². The van der Waals surface area contributed by atoms with E-state index in [0.29, 0.717) is 45.2 Å². The lowest BCUT2D eigenvalue weighted by molar-refractivity contribution is -0.274. The molecule has 38 heavy (non-hydrogen) atoms. The molecule has 0 bridgehead atoms. The number of carboxylic acid groups (broad SMARTS) is 1. The van der Waals surface area contributed by atoms with Gasteiger partial charge in [0.05, 0.1) is 25.8 Å². The number of carbonyl (C=O) groups is 1. The maximum absolute atomic E-state index is 12.6. The summed E-state index contributed by atoms with van der Waals surface area (Å²) in [6.07, 6.45) is -4.56. The van der Waals surface area contributed by atoms with Crippen molar-refractivity contribution in [3.63, 3.8) is 0 Å². The zero-order chi connectivity index (χ0) is 27.4. The van der Waals surface area contributed by atoms with Crippen LogP contribution in [-0.2, 0) is 0 Å². The summed E-state index contributed by atoms with van der Waals surface area (Å²) in [6.45, 7) is 1.57. The predicted molar refractivity (Wildman–Crippen MR) is 133 cm³/mol. The third kappa shape index (κ3) is 5.83. The van der Waals surface area contributed by atoms with Crippen molar-refractivity contribution in [2.45, 2.75) is 19.3 Å². The predicted octanol–water partition coefficient (Wildman–Crippen LogP) is 7.19. The molecule has 0 aliphatic carbocycles. The fourth-order valence-electron chi connectivity index (χ4n) is 3.96. The molecule has 1 amide bonds. The van der Waals surface area contributed by atoms with Gasteiger partial charge in [-0.2, -0.15) is 0 Å². The Morgan fingerprint density at radius 3 is 2.24 bits per heavy atom. The van der Waals surface area contributed by atoms with E-state index in [1.807, 2.05) is 0 Å². The summed E-state index contributed by atoms with van der Waals surface area (Å²) in [6, 6.07) is 15.8. The minimum Gasteiger partial charge on any atom is -0.493 e. The van der Waals surface area contributed by atoms with Crippen LogP contribution in [0.2, 0.25) is 0 Å². The first-order valence-corrected chi connectivity index (χ1v) is 11.3. The van der Waals surface area contributed by atoms with Crippen molar-refractivity contribution >= 4 is 22.7 Å². The molecule has 4 rings (SSSR count). The van der Waals surface area contributed by atoms with Crippen LogP contribution in [0.15, 0.2) is 72.9 Å². The van der Waals surface area contributed by atoms with Gasteiger partial charge in [-0.3, -0.25) is 9.88 Å². The molecule has 0 radical (unpaired) electrons. The van der Waals surface area contributed by atoms with Gasteiger partial charge in [0.15, 0.2) is 11.5 Å². The molecule has 3 aromatic carbocycles. The van der Waals surface area contributed by atoms with E-state index in [0.717, 1.165) is 17.0 Å². The number of alkyl halides is 3. The highest BCUT2D eigenvalue weighted by Crippen LogP contribution is 2.38. The number of nitrogens with zero attached hydrogens (tertiary/aromatic N) is 2. The van der Waals surface area contributed by atoms with Gasteiger partial charge < -0.3 is 24.1 Å². The van der Waals surface area contributed by atoms with Crippen LogP contribution < -0.4 is 23.8 Å². The third-order valence-corrected chi connectivity index (χ3v) is 5.72. The Hall–Kier alpha value is -4.67. The number of rotatable bonds is 8. The van der Waals surface area contributed by atoms with Gasteiger partial charge in [0.2, 0.25) is 0 Å². The summed E-state index contributed by atoms with van der Waals surface area (Å²) >= 11 is 0. The number of benzene rings is 3. The van der Waals surface area contributed by atoms with Gasteiger partial charge in [0.25, 0.3) is 0 Å². The first-order chi connectivity index (χ1) is 18.1. The number of methoxy groups -OCH3 is 2. The molecule has 0 spiro atoms. The highest BCUT2D eigenvalue weighted by atomic mass is 19.4. The van der Waals surface area contributed by atoms with E-state index < -0.39 is 24.2 Å². The highest BCUT2D eigenvalue weighted by Gasteiger charge is 2.31. The molecule has 1 aromatic heterocycles. The van der Waals surface area contributed by atoms with Crippen LogP contribution in [0.4, 0.5) is 23.7 Å². The molecule has 0 aliphatic heterocycles. The van der Waals surface area contributed by atoms with Gasteiger partial charge in [-0.15, -0.1) is 13.2 Å². The minimum atomic E-state index is -4.86. The lowest BCUT2D eigenvalue weighted by atomic mass is 10.1. The molecule has 4 aromatic rings. The Balaban J connectivity index is 1.59. The molecule has 1 N–H and O–H groups in total.